The molecule has 114 valence electrons. The number of furan rings is 1. The average molecular weight is 324 g/mol. The van der Waals surface area contributed by atoms with Crippen LogP contribution < -0.4 is 4.74 Å². The molecular weight excluding hydrogens is 312 g/mol. The van der Waals surface area contributed by atoms with Gasteiger partial charge in [0.25, 0.3) is 0 Å². The van der Waals surface area contributed by atoms with Gasteiger partial charge in [0.15, 0.2) is 17.0 Å². The van der Waals surface area contributed by atoms with E-state index < -0.39 is 0 Å². The van der Waals surface area contributed by atoms with Gasteiger partial charge in [0.1, 0.15) is 22.8 Å². The predicted molar refractivity (Wildman–Crippen MR) is 88.1 cm³/mol. The minimum absolute atomic E-state index is 0.483. The van der Waals surface area contributed by atoms with Gasteiger partial charge in [-0.2, -0.15) is 0 Å². The van der Waals surface area contributed by atoms with Crippen molar-refractivity contribution in [3.05, 3.63) is 53.7 Å². The highest BCUT2D eigenvalue weighted by Crippen LogP contribution is 2.35. The van der Waals surface area contributed by atoms with E-state index in [0.29, 0.717) is 22.9 Å². The third kappa shape index (κ3) is 2.07. The number of aldehydes is 1. The summed E-state index contributed by atoms with van der Waals surface area (Å²) in [6, 6.07) is 11.2. The van der Waals surface area contributed by atoms with Crippen molar-refractivity contribution in [3.63, 3.8) is 0 Å². The van der Waals surface area contributed by atoms with E-state index in [1.165, 1.54) is 11.3 Å². The van der Waals surface area contributed by atoms with Crippen LogP contribution in [-0.4, -0.2) is 22.8 Å². The summed E-state index contributed by atoms with van der Waals surface area (Å²) < 4.78 is 12.7. The molecule has 0 saturated carbocycles. The summed E-state index contributed by atoms with van der Waals surface area (Å²) in [7, 11) is 1.60. The summed E-state index contributed by atoms with van der Waals surface area (Å²) in [5.41, 5.74) is 2.69. The van der Waals surface area contributed by atoms with E-state index in [9.17, 15) is 4.79 Å². The first-order valence-corrected chi connectivity index (χ1v) is 7.84. The summed E-state index contributed by atoms with van der Waals surface area (Å²) in [5.74, 6) is 1.38. The molecule has 0 bridgehead atoms. The first-order valence-electron chi connectivity index (χ1n) is 6.96. The van der Waals surface area contributed by atoms with Crippen molar-refractivity contribution < 1.29 is 13.9 Å². The van der Waals surface area contributed by atoms with E-state index in [1.54, 1.807) is 13.4 Å². The molecule has 4 rings (SSSR count). The SMILES string of the molecule is COc1ccccc1-c1nc2scc(-c3ccco3)n2c1C=O. The fourth-order valence-corrected chi connectivity index (χ4v) is 3.51. The Morgan fingerprint density at radius 3 is 2.87 bits per heavy atom. The topological polar surface area (TPSA) is 56.7 Å². The number of carbonyl (C=O) groups excluding carboxylic acids is 1. The lowest BCUT2D eigenvalue weighted by molar-refractivity contribution is 0.111. The largest absolute Gasteiger partial charge is 0.496 e. The van der Waals surface area contributed by atoms with Crippen LogP contribution in [0.25, 0.3) is 27.7 Å². The quantitative estimate of drug-likeness (QED) is 0.529. The van der Waals surface area contributed by atoms with Crippen LogP contribution in [-0.2, 0) is 0 Å². The van der Waals surface area contributed by atoms with E-state index in [-0.39, 0.29) is 0 Å². The summed E-state index contributed by atoms with van der Waals surface area (Å²) in [6.07, 6.45) is 2.43. The highest BCUT2D eigenvalue weighted by molar-refractivity contribution is 7.15. The number of hydrogen-bond donors (Lipinski definition) is 0. The van der Waals surface area contributed by atoms with Gasteiger partial charge in [-0.1, -0.05) is 12.1 Å². The Bertz CT molecular complexity index is 983. The van der Waals surface area contributed by atoms with Crippen molar-refractivity contribution in [2.45, 2.75) is 0 Å². The number of rotatable bonds is 4. The molecule has 0 radical (unpaired) electrons. The maximum absolute atomic E-state index is 11.8. The Kier molecular flexibility index (Phi) is 3.24. The average Bonchev–Trinajstić information content (AvgIpc) is 3.30. The number of hydrogen-bond acceptors (Lipinski definition) is 5. The molecule has 0 spiro atoms. The van der Waals surface area contributed by atoms with Crippen molar-refractivity contribution in [2.75, 3.05) is 7.11 Å². The number of imidazole rings is 1. The van der Waals surface area contributed by atoms with Gasteiger partial charge >= 0.3 is 0 Å². The smallest absolute Gasteiger partial charge is 0.195 e. The van der Waals surface area contributed by atoms with Crippen LogP contribution in [0.5, 0.6) is 5.75 Å². The van der Waals surface area contributed by atoms with Crippen LogP contribution in [0.2, 0.25) is 0 Å². The number of fused-ring (bicyclic) bond motifs is 1. The molecule has 0 aliphatic heterocycles. The Labute approximate surface area is 135 Å². The summed E-state index contributed by atoms with van der Waals surface area (Å²) in [4.78, 5) is 17.1. The summed E-state index contributed by atoms with van der Waals surface area (Å²) in [5, 5.41) is 1.93. The Balaban J connectivity index is 2.01. The summed E-state index contributed by atoms with van der Waals surface area (Å²) in [6.45, 7) is 0. The number of ether oxygens (including phenoxy) is 1. The van der Waals surface area contributed by atoms with Gasteiger partial charge in [-0.25, -0.2) is 4.98 Å². The summed E-state index contributed by atoms with van der Waals surface area (Å²) >= 11 is 1.46. The van der Waals surface area contributed by atoms with Crippen molar-refractivity contribution >= 4 is 22.6 Å². The lowest BCUT2D eigenvalue weighted by Gasteiger charge is -2.06. The standard InChI is InChI=1S/C17H12N2O3S/c1-21-14-6-3-2-5-11(14)16-12(9-20)19-13(10-23-17(19)18-16)15-7-4-8-22-15/h2-10H,1H3. The fraction of sp³-hybridized carbons (Fsp3) is 0.0588. The second-order valence-electron chi connectivity index (χ2n) is 4.88. The zero-order valence-electron chi connectivity index (χ0n) is 12.2. The molecule has 23 heavy (non-hydrogen) atoms. The zero-order chi connectivity index (χ0) is 15.8. The number of aromatic nitrogens is 2. The van der Waals surface area contributed by atoms with Crippen LogP contribution in [0.15, 0.2) is 52.5 Å². The normalized spacial score (nSPS) is 11.0. The van der Waals surface area contributed by atoms with Crippen LogP contribution >= 0.6 is 11.3 Å². The molecule has 0 unspecified atom stereocenters. The van der Waals surface area contributed by atoms with Crippen molar-refractivity contribution in [3.8, 4) is 28.5 Å². The van der Waals surface area contributed by atoms with E-state index in [0.717, 1.165) is 22.5 Å². The minimum Gasteiger partial charge on any atom is -0.496 e. The Morgan fingerprint density at radius 2 is 2.13 bits per heavy atom. The second-order valence-corrected chi connectivity index (χ2v) is 5.72. The first kappa shape index (κ1) is 13.8. The van der Waals surface area contributed by atoms with Gasteiger partial charge in [0.05, 0.1) is 13.4 Å². The number of carbonyl (C=O) groups is 1. The van der Waals surface area contributed by atoms with E-state index in [4.69, 9.17) is 9.15 Å². The van der Waals surface area contributed by atoms with E-state index >= 15 is 0 Å². The molecule has 0 saturated heterocycles. The number of benzene rings is 1. The lowest BCUT2D eigenvalue weighted by atomic mass is 10.1. The molecule has 1 aromatic carbocycles. The number of methoxy groups -OCH3 is 1. The van der Waals surface area contributed by atoms with Crippen molar-refractivity contribution in [1.82, 2.24) is 9.38 Å². The van der Waals surface area contributed by atoms with Gasteiger partial charge in [0.2, 0.25) is 0 Å². The fourth-order valence-electron chi connectivity index (χ4n) is 2.62. The van der Waals surface area contributed by atoms with Crippen LogP contribution in [0, 0.1) is 0 Å². The van der Waals surface area contributed by atoms with Crippen molar-refractivity contribution in [1.29, 1.82) is 0 Å². The van der Waals surface area contributed by atoms with E-state index in [1.807, 2.05) is 46.2 Å². The molecule has 0 atom stereocenters. The molecule has 0 amide bonds. The number of thiazole rings is 1. The minimum atomic E-state index is 0.483. The molecule has 3 aromatic heterocycles. The van der Waals surface area contributed by atoms with E-state index in [2.05, 4.69) is 4.98 Å². The monoisotopic (exact) mass is 324 g/mol. The molecule has 6 heteroatoms. The van der Waals surface area contributed by atoms with Gasteiger partial charge in [-0.3, -0.25) is 9.20 Å². The van der Waals surface area contributed by atoms with Gasteiger partial charge in [-0.05, 0) is 24.3 Å². The van der Waals surface area contributed by atoms with Crippen molar-refractivity contribution in [2.24, 2.45) is 0 Å². The third-order valence-corrected chi connectivity index (χ3v) is 4.47. The molecule has 0 aliphatic carbocycles. The molecular formula is C17H12N2O3S. The molecule has 0 N–H and O–H groups in total. The third-order valence-electron chi connectivity index (χ3n) is 3.65. The first-order chi connectivity index (χ1) is 11.3. The molecule has 0 aliphatic rings. The Hall–Kier alpha value is -2.86. The van der Waals surface area contributed by atoms with Gasteiger partial charge < -0.3 is 9.15 Å². The second kappa shape index (κ2) is 5.40. The maximum Gasteiger partial charge on any atom is 0.195 e. The number of nitrogens with zero attached hydrogens (tertiary/aromatic N) is 2. The lowest BCUT2D eigenvalue weighted by Crippen LogP contribution is -1.95. The Morgan fingerprint density at radius 1 is 1.26 bits per heavy atom. The molecule has 3 heterocycles. The van der Waals surface area contributed by atoms with Gasteiger partial charge in [0, 0.05) is 10.9 Å². The molecule has 0 fully saturated rings. The number of para-hydroxylation sites is 1. The highest BCUT2D eigenvalue weighted by atomic mass is 32.1. The zero-order valence-corrected chi connectivity index (χ0v) is 13.0. The molecule has 5 nitrogen and oxygen atoms in total. The van der Waals surface area contributed by atoms with Crippen LogP contribution in [0.1, 0.15) is 10.5 Å². The molecule has 4 aromatic rings. The van der Waals surface area contributed by atoms with Crippen LogP contribution in [0.3, 0.4) is 0 Å². The highest BCUT2D eigenvalue weighted by Gasteiger charge is 2.21. The van der Waals surface area contributed by atoms with Crippen LogP contribution in [0.4, 0.5) is 0 Å². The van der Waals surface area contributed by atoms with Gasteiger partial charge in [-0.15, -0.1) is 11.3 Å². The maximum atomic E-state index is 11.8. The predicted octanol–water partition coefficient (Wildman–Crippen LogP) is 4.14.